The number of sulfonamides is 1. The van der Waals surface area contributed by atoms with Crippen molar-refractivity contribution in [2.24, 2.45) is 0 Å². The van der Waals surface area contributed by atoms with Crippen LogP contribution in [0.4, 0.5) is 5.69 Å². The molecule has 8 nitrogen and oxygen atoms in total. The van der Waals surface area contributed by atoms with E-state index in [1.54, 1.807) is 50.2 Å². The molecule has 1 aromatic heterocycles. The molecule has 0 radical (unpaired) electrons. The summed E-state index contributed by atoms with van der Waals surface area (Å²) in [7, 11) is -2.55. The fourth-order valence-electron chi connectivity index (χ4n) is 3.30. The molecule has 0 saturated heterocycles. The Balaban J connectivity index is 1.75. The highest BCUT2D eigenvalue weighted by Crippen LogP contribution is 2.29. The smallest absolute Gasteiger partial charge is 0.348 e. The highest BCUT2D eigenvalue weighted by Gasteiger charge is 2.26. The van der Waals surface area contributed by atoms with Crippen molar-refractivity contribution < 1.29 is 27.5 Å². The zero-order chi connectivity index (χ0) is 24.2. The molecule has 0 bridgehead atoms. The zero-order valence-corrected chi connectivity index (χ0v) is 20.5. The molecule has 1 heterocycles. The minimum Gasteiger partial charge on any atom is -0.494 e. The van der Waals surface area contributed by atoms with Gasteiger partial charge in [0.05, 0.1) is 25.2 Å². The van der Waals surface area contributed by atoms with Crippen molar-refractivity contribution in [2.45, 2.75) is 25.7 Å². The lowest BCUT2D eigenvalue weighted by Gasteiger charge is -2.21. The van der Waals surface area contributed by atoms with E-state index >= 15 is 0 Å². The largest absolute Gasteiger partial charge is 0.494 e. The number of hydrogen-bond acceptors (Lipinski definition) is 7. The Morgan fingerprint density at radius 2 is 1.85 bits per heavy atom. The van der Waals surface area contributed by atoms with Crippen LogP contribution >= 0.6 is 11.3 Å². The molecule has 2 aromatic carbocycles. The molecule has 0 fully saturated rings. The van der Waals surface area contributed by atoms with Crippen LogP contribution in [0, 0.1) is 6.92 Å². The lowest BCUT2D eigenvalue weighted by Crippen LogP contribution is -2.37. The van der Waals surface area contributed by atoms with Gasteiger partial charge < -0.3 is 14.8 Å². The number of anilines is 1. The normalized spacial score (nSPS) is 11.5. The number of nitrogens with zero attached hydrogens (tertiary/aromatic N) is 1. The molecule has 0 spiro atoms. The summed E-state index contributed by atoms with van der Waals surface area (Å²) in [5.74, 6) is -0.266. The Morgan fingerprint density at radius 3 is 2.48 bits per heavy atom. The van der Waals surface area contributed by atoms with Gasteiger partial charge in [0.15, 0.2) is 0 Å². The van der Waals surface area contributed by atoms with Gasteiger partial charge in [-0.15, -0.1) is 11.3 Å². The molecule has 10 heteroatoms. The molecular formula is C23H26N2O6S2. The minimum absolute atomic E-state index is 0.105. The van der Waals surface area contributed by atoms with Gasteiger partial charge in [-0.1, -0.05) is 6.92 Å². The van der Waals surface area contributed by atoms with Crippen LogP contribution in [-0.4, -0.2) is 51.4 Å². The van der Waals surface area contributed by atoms with Gasteiger partial charge in [-0.25, -0.2) is 13.2 Å². The van der Waals surface area contributed by atoms with Crippen LogP contribution in [0.25, 0.3) is 10.1 Å². The van der Waals surface area contributed by atoms with Crippen LogP contribution < -0.4 is 10.1 Å². The van der Waals surface area contributed by atoms with Crippen LogP contribution in [0.15, 0.2) is 47.4 Å². The summed E-state index contributed by atoms with van der Waals surface area (Å²) < 4.78 is 38.4. The number of nitrogens with one attached hydrogen (secondary N) is 1. The Hall–Kier alpha value is -2.95. The second-order valence-corrected chi connectivity index (χ2v) is 10.2. The zero-order valence-electron chi connectivity index (χ0n) is 18.9. The number of thiophene rings is 1. The Labute approximate surface area is 197 Å². The number of likely N-dealkylation sites (N-methyl/N-ethyl adjacent to an activating group) is 1. The van der Waals surface area contributed by atoms with Crippen LogP contribution in [0.1, 0.15) is 29.1 Å². The topological polar surface area (TPSA) is 102 Å². The number of rotatable bonds is 9. The third-order valence-corrected chi connectivity index (χ3v) is 7.96. The number of hydrogen-bond donors (Lipinski definition) is 1. The molecule has 33 heavy (non-hydrogen) atoms. The summed E-state index contributed by atoms with van der Waals surface area (Å²) in [6.45, 7) is 5.59. The summed E-state index contributed by atoms with van der Waals surface area (Å²) in [6.07, 6.45) is 0. The first kappa shape index (κ1) is 24.7. The Bertz CT molecular complexity index is 1280. The van der Waals surface area contributed by atoms with Gasteiger partial charge in [0.25, 0.3) is 0 Å². The number of aryl methyl sites for hydroxylation is 1. The van der Waals surface area contributed by atoms with Crippen molar-refractivity contribution in [3.63, 3.8) is 0 Å². The maximum absolute atomic E-state index is 13.1. The number of amides is 1. The van der Waals surface area contributed by atoms with Gasteiger partial charge >= 0.3 is 5.97 Å². The number of fused-ring (bicyclic) bond motifs is 1. The van der Waals surface area contributed by atoms with E-state index in [2.05, 4.69) is 5.32 Å². The molecule has 1 N–H and O–H groups in total. The molecule has 0 unspecified atom stereocenters. The monoisotopic (exact) mass is 490 g/mol. The maximum atomic E-state index is 13.1. The fraction of sp³-hybridized carbons (Fsp3) is 0.304. The molecule has 0 aliphatic rings. The fourth-order valence-corrected chi connectivity index (χ4v) is 5.75. The summed E-state index contributed by atoms with van der Waals surface area (Å²) >= 11 is 1.29. The average molecular weight is 491 g/mol. The number of carbonyl (C=O) groups is 2. The van der Waals surface area contributed by atoms with Crippen LogP contribution in [-0.2, 0) is 19.6 Å². The summed E-state index contributed by atoms with van der Waals surface area (Å²) in [5.41, 5.74) is 1.21. The predicted molar refractivity (Wildman–Crippen MR) is 129 cm³/mol. The highest BCUT2D eigenvalue weighted by atomic mass is 32.2. The second-order valence-electron chi connectivity index (χ2n) is 7.19. The maximum Gasteiger partial charge on any atom is 0.348 e. The number of esters is 1. The van der Waals surface area contributed by atoms with Crippen molar-refractivity contribution in [2.75, 3.05) is 32.1 Å². The lowest BCUT2D eigenvalue weighted by atomic mass is 10.2. The molecule has 0 saturated carbocycles. The van der Waals surface area contributed by atoms with Gasteiger partial charge in [-0.2, -0.15) is 4.31 Å². The van der Waals surface area contributed by atoms with Crippen molar-refractivity contribution >= 4 is 49.0 Å². The predicted octanol–water partition coefficient (Wildman–Crippen LogP) is 4.04. The first-order chi connectivity index (χ1) is 15.7. The third-order valence-electron chi connectivity index (χ3n) is 4.94. The van der Waals surface area contributed by atoms with Gasteiger partial charge in [0.2, 0.25) is 15.9 Å². The van der Waals surface area contributed by atoms with E-state index in [0.717, 1.165) is 14.4 Å². The Kier molecular flexibility index (Phi) is 7.72. The van der Waals surface area contributed by atoms with E-state index in [4.69, 9.17) is 9.47 Å². The molecular weight excluding hydrogens is 464 g/mol. The van der Waals surface area contributed by atoms with E-state index in [0.29, 0.717) is 28.5 Å². The van der Waals surface area contributed by atoms with Crippen molar-refractivity contribution in [1.29, 1.82) is 0 Å². The van der Waals surface area contributed by atoms with Crippen molar-refractivity contribution in [3.05, 3.63) is 52.9 Å². The second kappa shape index (κ2) is 10.3. The summed E-state index contributed by atoms with van der Waals surface area (Å²) in [6, 6.07) is 11.6. The van der Waals surface area contributed by atoms with Gasteiger partial charge in [-0.3, -0.25) is 4.79 Å². The molecule has 0 atom stereocenters. The lowest BCUT2D eigenvalue weighted by molar-refractivity contribution is -0.116. The van der Waals surface area contributed by atoms with Gasteiger partial charge in [0, 0.05) is 16.9 Å². The Morgan fingerprint density at radius 1 is 1.09 bits per heavy atom. The third kappa shape index (κ3) is 5.52. The highest BCUT2D eigenvalue weighted by molar-refractivity contribution is 7.89. The number of ether oxygens (including phenoxy) is 2. The summed E-state index contributed by atoms with van der Waals surface area (Å²) in [5, 5.41) is 3.52. The molecule has 0 aliphatic carbocycles. The number of benzene rings is 2. The molecule has 3 rings (SSSR count). The molecule has 0 aliphatic heterocycles. The van der Waals surface area contributed by atoms with E-state index in [-0.39, 0.29) is 18.0 Å². The molecule has 176 valence electrons. The van der Waals surface area contributed by atoms with E-state index < -0.39 is 21.9 Å². The number of methoxy groups -OCH3 is 1. The van der Waals surface area contributed by atoms with E-state index in [1.807, 2.05) is 6.92 Å². The van der Waals surface area contributed by atoms with Crippen LogP contribution in [0.5, 0.6) is 5.75 Å². The first-order valence-corrected chi connectivity index (χ1v) is 12.6. The van der Waals surface area contributed by atoms with E-state index in [1.165, 1.54) is 24.5 Å². The van der Waals surface area contributed by atoms with Gasteiger partial charge in [0.1, 0.15) is 10.6 Å². The first-order valence-electron chi connectivity index (χ1n) is 10.3. The number of carbonyl (C=O) groups excluding carboxylic acids is 2. The molecule has 3 aromatic rings. The quantitative estimate of drug-likeness (QED) is 0.454. The van der Waals surface area contributed by atoms with Crippen molar-refractivity contribution in [3.8, 4) is 5.75 Å². The SMILES string of the molecule is CCOc1ccc(S(=O)(=O)N(CC)CC(=O)Nc2ccc3sc(C(=O)OC)cc3c2)cc1C. The van der Waals surface area contributed by atoms with Gasteiger partial charge in [-0.05, 0) is 67.3 Å². The average Bonchev–Trinajstić information content (AvgIpc) is 3.21. The standard InChI is InChI=1S/C23H26N2O6S2/c1-5-25(33(28,29)18-8-9-19(31-6-2)15(3)11-18)14-22(26)24-17-7-10-20-16(12-17)13-21(32-20)23(27)30-4/h7-13H,5-6,14H2,1-4H3,(H,24,26). The van der Waals surface area contributed by atoms with Crippen LogP contribution in [0.3, 0.4) is 0 Å². The van der Waals surface area contributed by atoms with Crippen molar-refractivity contribution in [1.82, 2.24) is 4.31 Å². The van der Waals surface area contributed by atoms with Crippen LogP contribution in [0.2, 0.25) is 0 Å². The van der Waals surface area contributed by atoms with E-state index in [9.17, 15) is 18.0 Å². The summed E-state index contributed by atoms with van der Waals surface area (Å²) in [4.78, 5) is 25.0. The minimum atomic E-state index is -3.87. The molecule has 1 amide bonds.